The first kappa shape index (κ1) is 15.6. The van der Waals surface area contributed by atoms with Crippen LogP contribution in [0.15, 0.2) is 30.5 Å². The SMILES string of the molecule is COc1ccnc(COc2ccc(F)cc2CBr)c1OC. The lowest BCUT2D eigenvalue weighted by atomic mass is 10.2. The van der Waals surface area contributed by atoms with E-state index in [0.29, 0.717) is 28.3 Å². The number of aromatic nitrogens is 1. The zero-order chi connectivity index (χ0) is 15.2. The minimum atomic E-state index is -0.297. The predicted molar refractivity (Wildman–Crippen MR) is 80.7 cm³/mol. The van der Waals surface area contributed by atoms with E-state index >= 15 is 0 Å². The number of nitrogens with zero attached hydrogens (tertiary/aromatic N) is 1. The van der Waals surface area contributed by atoms with Crippen molar-refractivity contribution in [3.05, 3.63) is 47.5 Å². The number of pyridine rings is 1. The molecule has 112 valence electrons. The van der Waals surface area contributed by atoms with Gasteiger partial charge < -0.3 is 14.2 Å². The quantitative estimate of drug-likeness (QED) is 0.740. The van der Waals surface area contributed by atoms with Crippen LogP contribution in [0.2, 0.25) is 0 Å². The predicted octanol–water partition coefficient (Wildman–Crippen LogP) is 3.71. The lowest BCUT2D eigenvalue weighted by molar-refractivity contribution is 0.283. The van der Waals surface area contributed by atoms with Crippen molar-refractivity contribution in [3.63, 3.8) is 0 Å². The zero-order valence-electron chi connectivity index (χ0n) is 11.7. The molecule has 0 saturated heterocycles. The summed E-state index contributed by atoms with van der Waals surface area (Å²) in [5, 5.41) is 0.503. The first-order valence-electron chi connectivity index (χ1n) is 6.22. The first-order valence-corrected chi connectivity index (χ1v) is 7.34. The Morgan fingerprint density at radius 1 is 1.14 bits per heavy atom. The van der Waals surface area contributed by atoms with Crippen LogP contribution in [0, 0.1) is 5.82 Å². The summed E-state index contributed by atoms with van der Waals surface area (Å²) in [6, 6.07) is 6.10. The van der Waals surface area contributed by atoms with Gasteiger partial charge in [0, 0.05) is 23.2 Å². The fourth-order valence-corrected chi connectivity index (χ4v) is 2.33. The molecule has 6 heteroatoms. The van der Waals surface area contributed by atoms with Crippen molar-refractivity contribution < 1.29 is 18.6 Å². The van der Waals surface area contributed by atoms with E-state index in [1.54, 1.807) is 32.5 Å². The van der Waals surface area contributed by atoms with Gasteiger partial charge in [-0.25, -0.2) is 4.39 Å². The zero-order valence-corrected chi connectivity index (χ0v) is 13.3. The number of benzene rings is 1. The molecule has 0 radical (unpaired) electrons. The van der Waals surface area contributed by atoms with Gasteiger partial charge in [0.15, 0.2) is 11.5 Å². The average Bonchev–Trinajstić information content (AvgIpc) is 2.52. The van der Waals surface area contributed by atoms with E-state index in [1.807, 2.05) is 0 Å². The summed E-state index contributed by atoms with van der Waals surface area (Å²) in [6.45, 7) is 0.200. The summed E-state index contributed by atoms with van der Waals surface area (Å²) in [5.41, 5.74) is 1.35. The lowest BCUT2D eigenvalue weighted by Crippen LogP contribution is -2.04. The molecule has 0 fully saturated rings. The Morgan fingerprint density at radius 2 is 1.95 bits per heavy atom. The van der Waals surface area contributed by atoms with Crippen LogP contribution in [0.4, 0.5) is 4.39 Å². The molecule has 0 saturated carbocycles. The molecule has 0 atom stereocenters. The molecule has 4 nitrogen and oxygen atoms in total. The standard InChI is InChI=1S/C15H15BrFNO3/c1-19-14-5-6-18-12(15(14)20-2)9-21-13-4-3-11(17)7-10(13)8-16/h3-7H,8-9H2,1-2H3. The maximum absolute atomic E-state index is 13.2. The molecule has 1 aromatic carbocycles. The van der Waals surface area contributed by atoms with Crippen LogP contribution >= 0.6 is 15.9 Å². The highest BCUT2D eigenvalue weighted by atomic mass is 79.9. The molecule has 0 unspecified atom stereocenters. The first-order chi connectivity index (χ1) is 10.2. The normalized spacial score (nSPS) is 10.3. The molecule has 0 aliphatic carbocycles. The molecule has 1 heterocycles. The van der Waals surface area contributed by atoms with E-state index in [9.17, 15) is 4.39 Å². The summed E-state index contributed by atoms with van der Waals surface area (Å²) < 4.78 is 29.4. The molecular formula is C15H15BrFNO3. The molecule has 0 spiro atoms. The van der Waals surface area contributed by atoms with E-state index < -0.39 is 0 Å². The van der Waals surface area contributed by atoms with Crippen LogP contribution in [0.25, 0.3) is 0 Å². The van der Waals surface area contributed by atoms with Crippen molar-refractivity contribution in [2.24, 2.45) is 0 Å². The Balaban J connectivity index is 2.20. The summed E-state index contributed by atoms with van der Waals surface area (Å²) >= 11 is 3.31. The van der Waals surface area contributed by atoms with Crippen LogP contribution in [0.1, 0.15) is 11.3 Å². The summed E-state index contributed by atoms with van der Waals surface area (Å²) in [4.78, 5) is 4.23. The highest BCUT2D eigenvalue weighted by Gasteiger charge is 2.12. The van der Waals surface area contributed by atoms with Crippen molar-refractivity contribution in [2.45, 2.75) is 11.9 Å². The molecule has 0 aliphatic rings. The van der Waals surface area contributed by atoms with Gasteiger partial charge in [0.2, 0.25) is 0 Å². The van der Waals surface area contributed by atoms with Gasteiger partial charge in [-0.1, -0.05) is 15.9 Å². The van der Waals surface area contributed by atoms with Gasteiger partial charge in [0.1, 0.15) is 23.9 Å². The fraction of sp³-hybridized carbons (Fsp3) is 0.267. The fourth-order valence-electron chi connectivity index (χ4n) is 1.89. The van der Waals surface area contributed by atoms with Crippen LogP contribution in [-0.2, 0) is 11.9 Å². The number of halogens is 2. The second-order valence-corrected chi connectivity index (χ2v) is 4.73. The third-order valence-corrected chi connectivity index (χ3v) is 3.50. The Bertz CT molecular complexity index is 622. The molecule has 2 rings (SSSR count). The van der Waals surface area contributed by atoms with Crippen molar-refractivity contribution in [2.75, 3.05) is 14.2 Å². The molecule has 0 bridgehead atoms. The van der Waals surface area contributed by atoms with Gasteiger partial charge >= 0.3 is 0 Å². The Morgan fingerprint density at radius 3 is 2.62 bits per heavy atom. The maximum atomic E-state index is 13.2. The number of alkyl halides is 1. The van der Waals surface area contributed by atoms with Crippen molar-refractivity contribution >= 4 is 15.9 Å². The number of hydrogen-bond donors (Lipinski definition) is 0. The Labute approximate surface area is 131 Å². The number of hydrogen-bond acceptors (Lipinski definition) is 4. The highest BCUT2D eigenvalue weighted by molar-refractivity contribution is 9.08. The number of rotatable bonds is 6. The Kier molecular flexibility index (Phi) is 5.38. The van der Waals surface area contributed by atoms with E-state index in [2.05, 4.69) is 20.9 Å². The van der Waals surface area contributed by atoms with Crippen LogP contribution < -0.4 is 14.2 Å². The van der Waals surface area contributed by atoms with Crippen LogP contribution in [-0.4, -0.2) is 19.2 Å². The van der Waals surface area contributed by atoms with Gasteiger partial charge in [-0.05, 0) is 18.2 Å². The largest absolute Gasteiger partial charge is 0.493 e. The third-order valence-electron chi connectivity index (χ3n) is 2.90. The number of ether oxygens (including phenoxy) is 3. The molecule has 0 amide bonds. The van der Waals surface area contributed by atoms with Crippen molar-refractivity contribution in [3.8, 4) is 17.2 Å². The van der Waals surface area contributed by atoms with E-state index in [0.717, 1.165) is 5.56 Å². The van der Waals surface area contributed by atoms with E-state index in [-0.39, 0.29) is 12.4 Å². The number of methoxy groups -OCH3 is 2. The molecule has 21 heavy (non-hydrogen) atoms. The van der Waals surface area contributed by atoms with E-state index in [1.165, 1.54) is 12.1 Å². The topological polar surface area (TPSA) is 40.6 Å². The maximum Gasteiger partial charge on any atom is 0.185 e. The summed E-state index contributed by atoms with van der Waals surface area (Å²) in [5.74, 6) is 1.42. The summed E-state index contributed by atoms with van der Waals surface area (Å²) in [6.07, 6.45) is 1.62. The van der Waals surface area contributed by atoms with E-state index in [4.69, 9.17) is 14.2 Å². The summed E-state index contributed by atoms with van der Waals surface area (Å²) in [7, 11) is 3.11. The molecular weight excluding hydrogens is 341 g/mol. The lowest BCUT2D eigenvalue weighted by Gasteiger charge is -2.13. The van der Waals surface area contributed by atoms with Crippen LogP contribution in [0.5, 0.6) is 17.2 Å². The molecule has 0 N–H and O–H groups in total. The molecule has 1 aromatic heterocycles. The molecule has 2 aromatic rings. The smallest absolute Gasteiger partial charge is 0.185 e. The Hall–Kier alpha value is -1.82. The molecule has 0 aliphatic heterocycles. The average molecular weight is 356 g/mol. The van der Waals surface area contributed by atoms with Gasteiger partial charge in [0.25, 0.3) is 0 Å². The van der Waals surface area contributed by atoms with Gasteiger partial charge in [-0.15, -0.1) is 0 Å². The van der Waals surface area contributed by atoms with Crippen LogP contribution in [0.3, 0.4) is 0 Å². The van der Waals surface area contributed by atoms with Crippen molar-refractivity contribution in [1.29, 1.82) is 0 Å². The third kappa shape index (κ3) is 3.64. The monoisotopic (exact) mass is 355 g/mol. The highest BCUT2D eigenvalue weighted by Crippen LogP contribution is 2.30. The van der Waals surface area contributed by atoms with Gasteiger partial charge in [-0.3, -0.25) is 4.98 Å². The second-order valence-electron chi connectivity index (χ2n) is 4.17. The van der Waals surface area contributed by atoms with Crippen molar-refractivity contribution in [1.82, 2.24) is 4.98 Å². The van der Waals surface area contributed by atoms with Gasteiger partial charge in [0.05, 0.1) is 14.2 Å². The minimum Gasteiger partial charge on any atom is -0.493 e. The van der Waals surface area contributed by atoms with Gasteiger partial charge in [-0.2, -0.15) is 0 Å². The minimum absolute atomic E-state index is 0.200. The second kappa shape index (κ2) is 7.26.